The second-order valence-corrected chi connectivity index (χ2v) is 5.41. The van der Waals surface area contributed by atoms with Gasteiger partial charge in [0.25, 0.3) is 0 Å². The zero-order valence-electron chi connectivity index (χ0n) is 10.8. The lowest BCUT2D eigenvalue weighted by Crippen LogP contribution is -2.01. The molecule has 0 amide bonds. The Bertz CT molecular complexity index is 765. The average Bonchev–Trinajstić information content (AvgIpc) is 2.50. The van der Waals surface area contributed by atoms with Crippen LogP contribution in [0.25, 0.3) is 11.4 Å². The summed E-state index contributed by atoms with van der Waals surface area (Å²) in [6, 6.07) is 17.3. The molecule has 4 nitrogen and oxygen atoms in total. The van der Waals surface area contributed by atoms with Crippen molar-refractivity contribution in [2.24, 2.45) is 0 Å². The molecule has 0 saturated carbocycles. The largest absolute Gasteiger partial charge is 0.323 e. The van der Waals surface area contributed by atoms with Gasteiger partial charge >= 0.3 is 0 Å². The Morgan fingerprint density at radius 2 is 1.57 bits per heavy atom. The van der Waals surface area contributed by atoms with Gasteiger partial charge in [0.05, 0.1) is 5.69 Å². The molecule has 104 valence electrons. The maximum atomic E-state index is 5.99. The van der Waals surface area contributed by atoms with Crippen LogP contribution in [0.2, 0.25) is 5.28 Å². The highest BCUT2D eigenvalue weighted by Gasteiger charge is 2.08. The molecule has 3 aromatic rings. The Morgan fingerprint density at radius 1 is 0.857 bits per heavy atom. The number of halogens is 2. The van der Waals surface area contributed by atoms with E-state index in [0.717, 1.165) is 15.7 Å². The summed E-state index contributed by atoms with van der Waals surface area (Å²) in [5, 5.41) is 3.28. The fourth-order valence-electron chi connectivity index (χ4n) is 1.81. The Morgan fingerprint density at radius 3 is 2.33 bits per heavy atom. The molecular weight excluding hydrogens is 352 g/mol. The minimum Gasteiger partial charge on any atom is -0.323 e. The van der Waals surface area contributed by atoms with Gasteiger partial charge in [0.15, 0.2) is 5.82 Å². The van der Waals surface area contributed by atoms with Gasteiger partial charge in [-0.2, -0.15) is 15.0 Å². The quantitative estimate of drug-likeness (QED) is 0.735. The number of hydrogen-bond donors (Lipinski definition) is 1. The first-order chi connectivity index (χ1) is 10.2. The van der Waals surface area contributed by atoms with Crippen molar-refractivity contribution in [3.63, 3.8) is 0 Å². The third-order valence-corrected chi connectivity index (χ3v) is 3.62. The number of benzene rings is 2. The molecule has 1 N–H and O–H groups in total. The standard InChI is InChI=1S/C15H10BrClN4/c16-11-8-4-5-9-12(11)18-15-20-13(19-14(17)21-15)10-6-2-1-3-7-10/h1-9H,(H,18,19,20,21). The summed E-state index contributed by atoms with van der Waals surface area (Å²) in [6.07, 6.45) is 0. The number of rotatable bonds is 3. The minimum absolute atomic E-state index is 0.151. The van der Waals surface area contributed by atoms with Gasteiger partial charge in [-0.05, 0) is 39.7 Å². The van der Waals surface area contributed by atoms with Crippen molar-refractivity contribution in [3.05, 3.63) is 64.4 Å². The topological polar surface area (TPSA) is 50.7 Å². The monoisotopic (exact) mass is 360 g/mol. The van der Waals surface area contributed by atoms with Crippen molar-refractivity contribution in [2.45, 2.75) is 0 Å². The van der Waals surface area contributed by atoms with Crippen molar-refractivity contribution in [2.75, 3.05) is 5.32 Å². The predicted octanol–water partition coefficient (Wildman–Crippen LogP) is 4.70. The van der Waals surface area contributed by atoms with E-state index in [1.165, 1.54) is 0 Å². The predicted molar refractivity (Wildman–Crippen MR) is 87.7 cm³/mol. The highest BCUT2D eigenvalue weighted by atomic mass is 79.9. The second-order valence-electron chi connectivity index (χ2n) is 4.22. The van der Waals surface area contributed by atoms with Crippen LogP contribution in [-0.4, -0.2) is 15.0 Å². The number of nitrogens with zero attached hydrogens (tertiary/aromatic N) is 3. The molecule has 0 radical (unpaired) electrons. The summed E-state index contributed by atoms with van der Waals surface area (Å²) in [7, 11) is 0. The maximum absolute atomic E-state index is 5.99. The molecule has 0 aliphatic heterocycles. The van der Waals surface area contributed by atoms with E-state index in [0.29, 0.717) is 11.8 Å². The van der Waals surface area contributed by atoms with Gasteiger partial charge < -0.3 is 5.32 Å². The number of hydrogen-bond acceptors (Lipinski definition) is 4. The van der Waals surface area contributed by atoms with E-state index in [4.69, 9.17) is 11.6 Å². The summed E-state index contributed by atoms with van der Waals surface area (Å²) in [5.41, 5.74) is 1.75. The number of para-hydroxylation sites is 1. The third-order valence-electron chi connectivity index (χ3n) is 2.76. The zero-order valence-corrected chi connectivity index (χ0v) is 13.1. The summed E-state index contributed by atoms with van der Waals surface area (Å²) in [4.78, 5) is 12.7. The Kier molecular flexibility index (Phi) is 4.13. The van der Waals surface area contributed by atoms with Gasteiger partial charge in [-0.15, -0.1) is 0 Å². The van der Waals surface area contributed by atoms with Crippen LogP contribution < -0.4 is 5.32 Å². The lowest BCUT2D eigenvalue weighted by atomic mass is 10.2. The molecular formula is C15H10BrClN4. The Labute approximate surface area is 135 Å². The normalized spacial score (nSPS) is 10.4. The number of nitrogens with one attached hydrogen (secondary N) is 1. The molecule has 6 heteroatoms. The molecule has 1 heterocycles. The van der Waals surface area contributed by atoms with Gasteiger partial charge in [-0.3, -0.25) is 0 Å². The fraction of sp³-hybridized carbons (Fsp3) is 0. The zero-order chi connectivity index (χ0) is 14.7. The van der Waals surface area contributed by atoms with Crippen LogP contribution in [0, 0.1) is 0 Å². The molecule has 21 heavy (non-hydrogen) atoms. The van der Waals surface area contributed by atoms with E-state index in [1.807, 2.05) is 54.6 Å². The van der Waals surface area contributed by atoms with Crippen molar-refractivity contribution in [1.82, 2.24) is 15.0 Å². The Balaban J connectivity index is 1.97. The van der Waals surface area contributed by atoms with Gasteiger partial charge in [-0.25, -0.2) is 0 Å². The smallest absolute Gasteiger partial charge is 0.232 e. The summed E-state index contributed by atoms with van der Waals surface area (Å²) in [6.45, 7) is 0. The molecule has 0 atom stereocenters. The van der Waals surface area contributed by atoms with Crippen molar-refractivity contribution in [3.8, 4) is 11.4 Å². The molecule has 2 aromatic carbocycles. The van der Waals surface area contributed by atoms with Crippen LogP contribution in [-0.2, 0) is 0 Å². The molecule has 0 aliphatic rings. The first kappa shape index (κ1) is 14.0. The molecule has 0 unspecified atom stereocenters. The second kappa shape index (κ2) is 6.20. The van der Waals surface area contributed by atoms with Gasteiger partial charge in [0.2, 0.25) is 11.2 Å². The molecule has 0 saturated heterocycles. The van der Waals surface area contributed by atoms with Crippen molar-refractivity contribution >= 4 is 39.2 Å². The first-order valence-electron chi connectivity index (χ1n) is 6.21. The highest BCUT2D eigenvalue weighted by molar-refractivity contribution is 9.10. The van der Waals surface area contributed by atoms with E-state index >= 15 is 0 Å². The van der Waals surface area contributed by atoms with E-state index in [-0.39, 0.29) is 5.28 Å². The van der Waals surface area contributed by atoms with Crippen LogP contribution in [0.4, 0.5) is 11.6 Å². The van der Waals surface area contributed by atoms with E-state index in [1.54, 1.807) is 0 Å². The van der Waals surface area contributed by atoms with Crippen LogP contribution in [0.15, 0.2) is 59.1 Å². The first-order valence-corrected chi connectivity index (χ1v) is 7.38. The van der Waals surface area contributed by atoms with Crippen LogP contribution in [0.1, 0.15) is 0 Å². The minimum atomic E-state index is 0.151. The Hall–Kier alpha value is -1.98. The van der Waals surface area contributed by atoms with Gasteiger partial charge in [-0.1, -0.05) is 42.5 Å². The van der Waals surface area contributed by atoms with Crippen LogP contribution in [0.5, 0.6) is 0 Å². The van der Waals surface area contributed by atoms with Gasteiger partial charge in [0.1, 0.15) is 0 Å². The maximum Gasteiger partial charge on any atom is 0.232 e. The number of aromatic nitrogens is 3. The highest BCUT2D eigenvalue weighted by Crippen LogP contribution is 2.25. The van der Waals surface area contributed by atoms with E-state index < -0.39 is 0 Å². The number of anilines is 2. The van der Waals surface area contributed by atoms with E-state index in [9.17, 15) is 0 Å². The third kappa shape index (κ3) is 3.37. The van der Waals surface area contributed by atoms with Crippen LogP contribution in [0.3, 0.4) is 0 Å². The summed E-state index contributed by atoms with van der Waals surface area (Å²) < 4.78 is 0.919. The van der Waals surface area contributed by atoms with E-state index in [2.05, 4.69) is 36.2 Å². The lowest BCUT2D eigenvalue weighted by Gasteiger charge is -2.08. The molecule has 0 fully saturated rings. The summed E-state index contributed by atoms with van der Waals surface area (Å²) in [5.74, 6) is 0.936. The molecule has 0 aliphatic carbocycles. The van der Waals surface area contributed by atoms with Crippen molar-refractivity contribution < 1.29 is 0 Å². The molecule has 0 spiro atoms. The average molecular weight is 362 g/mol. The van der Waals surface area contributed by atoms with Gasteiger partial charge in [0, 0.05) is 10.0 Å². The molecule has 3 rings (SSSR count). The van der Waals surface area contributed by atoms with Crippen molar-refractivity contribution in [1.29, 1.82) is 0 Å². The fourth-order valence-corrected chi connectivity index (χ4v) is 2.35. The molecule has 0 bridgehead atoms. The summed E-state index contributed by atoms with van der Waals surface area (Å²) >= 11 is 9.46. The van der Waals surface area contributed by atoms with Crippen LogP contribution >= 0.6 is 27.5 Å². The lowest BCUT2D eigenvalue weighted by molar-refractivity contribution is 1.06. The molecule has 1 aromatic heterocycles. The SMILES string of the molecule is Clc1nc(Nc2ccccc2Br)nc(-c2ccccc2)n1.